The maximum atomic E-state index is 13.9. The first kappa shape index (κ1) is 20.3. The van der Waals surface area contributed by atoms with Crippen LogP contribution >= 0.6 is 22.9 Å². The maximum Gasteiger partial charge on any atom is 0.228 e. The second kappa shape index (κ2) is 9.17. The molecule has 2 aromatic carbocycles. The number of carbonyl (C=O) groups excluding carboxylic acids is 1. The summed E-state index contributed by atoms with van der Waals surface area (Å²) in [6.45, 7) is 2.60. The summed E-state index contributed by atoms with van der Waals surface area (Å²) in [5.74, 6) is 0.188. The summed E-state index contributed by atoms with van der Waals surface area (Å²) < 4.78 is 19.6. The minimum atomic E-state index is -0.421. The van der Waals surface area contributed by atoms with E-state index in [4.69, 9.17) is 16.3 Å². The lowest BCUT2D eigenvalue weighted by Gasteiger charge is -2.18. The maximum absolute atomic E-state index is 13.9. The second-order valence-electron chi connectivity index (χ2n) is 6.20. The number of amides is 1. The molecule has 3 rings (SSSR count). The Morgan fingerprint density at radius 2 is 2.04 bits per heavy atom. The van der Waals surface area contributed by atoms with Crippen molar-refractivity contribution >= 4 is 28.8 Å². The molecule has 0 spiro atoms. The predicted molar refractivity (Wildman–Crippen MR) is 110 cm³/mol. The van der Waals surface area contributed by atoms with Gasteiger partial charge in [-0.2, -0.15) is 0 Å². The quantitative estimate of drug-likeness (QED) is 0.529. The van der Waals surface area contributed by atoms with Crippen molar-refractivity contribution in [2.75, 3.05) is 13.7 Å². The van der Waals surface area contributed by atoms with Crippen molar-refractivity contribution in [2.24, 2.45) is 0 Å². The number of carbonyl (C=O) groups is 1. The largest absolute Gasteiger partial charge is 0.493 e. The minimum Gasteiger partial charge on any atom is -0.493 e. The standard InChI is InChI=1S/C21H20ClFN2O2S/c1-3-27-19-10-5-4-7-15(19)21-24-14(13-28-21)11-20(26)25(2)12-16-17(22)8-6-9-18(16)23/h4-10,13H,3,11-12H2,1-2H3. The number of halogens is 2. The number of rotatable bonds is 7. The third kappa shape index (κ3) is 4.69. The third-order valence-electron chi connectivity index (χ3n) is 4.18. The highest BCUT2D eigenvalue weighted by molar-refractivity contribution is 7.13. The first-order valence-corrected chi connectivity index (χ1v) is 10.1. The lowest BCUT2D eigenvalue weighted by atomic mass is 10.2. The average molecular weight is 419 g/mol. The number of aromatic nitrogens is 1. The number of para-hydroxylation sites is 1. The molecular formula is C21H20ClFN2O2S. The molecule has 0 aliphatic rings. The highest BCUT2D eigenvalue weighted by Gasteiger charge is 2.17. The second-order valence-corrected chi connectivity index (χ2v) is 7.47. The van der Waals surface area contributed by atoms with Gasteiger partial charge in [0.15, 0.2) is 0 Å². The highest BCUT2D eigenvalue weighted by atomic mass is 35.5. The summed E-state index contributed by atoms with van der Waals surface area (Å²) in [5, 5.41) is 2.97. The normalized spacial score (nSPS) is 10.7. The van der Waals surface area contributed by atoms with E-state index in [0.717, 1.165) is 16.3 Å². The van der Waals surface area contributed by atoms with E-state index in [9.17, 15) is 9.18 Å². The van der Waals surface area contributed by atoms with Crippen LogP contribution in [0.25, 0.3) is 10.6 Å². The van der Waals surface area contributed by atoms with Crippen molar-refractivity contribution in [1.29, 1.82) is 0 Å². The van der Waals surface area contributed by atoms with Crippen LogP contribution in [0.2, 0.25) is 5.02 Å². The monoisotopic (exact) mass is 418 g/mol. The zero-order valence-electron chi connectivity index (χ0n) is 15.6. The zero-order chi connectivity index (χ0) is 20.1. The van der Waals surface area contributed by atoms with E-state index in [-0.39, 0.29) is 18.9 Å². The summed E-state index contributed by atoms with van der Waals surface area (Å²) in [6.07, 6.45) is 0.135. The van der Waals surface area contributed by atoms with E-state index in [1.165, 1.54) is 22.3 Å². The number of ether oxygens (including phenoxy) is 1. The molecule has 0 atom stereocenters. The third-order valence-corrected chi connectivity index (χ3v) is 5.46. The molecule has 0 N–H and O–H groups in total. The van der Waals surface area contributed by atoms with Crippen LogP contribution in [0.15, 0.2) is 47.8 Å². The molecule has 1 aromatic heterocycles. The lowest BCUT2D eigenvalue weighted by molar-refractivity contribution is -0.129. The Labute approximate surface area is 172 Å². The Morgan fingerprint density at radius 3 is 2.79 bits per heavy atom. The van der Waals surface area contributed by atoms with Crippen molar-refractivity contribution < 1.29 is 13.9 Å². The van der Waals surface area contributed by atoms with Crippen LogP contribution in [-0.2, 0) is 17.8 Å². The van der Waals surface area contributed by atoms with E-state index < -0.39 is 5.82 Å². The van der Waals surface area contributed by atoms with E-state index in [1.807, 2.05) is 36.6 Å². The Bertz CT molecular complexity index is 956. The molecule has 4 nitrogen and oxygen atoms in total. The van der Waals surface area contributed by atoms with E-state index in [2.05, 4.69) is 4.98 Å². The van der Waals surface area contributed by atoms with Gasteiger partial charge in [-0.05, 0) is 31.2 Å². The van der Waals surface area contributed by atoms with Crippen LogP contribution in [0.1, 0.15) is 18.2 Å². The predicted octanol–water partition coefficient (Wildman–Crippen LogP) is 5.20. The molecule has 0 unspecified atom stereocenters. The number of likely N-dealkylation sites (N-methyl/N-ethyl adjacent to an activating group) is 1. The van der Waals surface area contributed by atoms with Gasteiger partial charge >= 0.3 is 0 Å². The number of hydrogen-bond donors (Lipinski definition) is 0. The molecule has 0 saturated carbocycles. The first-order chi connectivity index (χ1) is 13.5. The average Bonchev–Trinajstić information content (AvgIpc) is 3.13. The lowest BCUT2D eigenvalue weighted by Crippen LogP contribution is -2.28. The van der Waals surface area contributed by atoms with E-state index in [1.54, 1.807) is 19.2 Å². The minimum absolute atomic E-state index is 0.106. The van der Waals surface area contributed by atoms with E-state index in [0.29, 0.717) is 22.9 Å². The Hall–Kier alpha value is -2.44. The van der Waals surface area contributed by atoms with Crippen molar-refractivity contribution in [3.05, 3.63) is 69.9 Å². The number of thiazole rings is 1. The van der Waals surface area contributed by atoms with E-state index >= 15 is 0 Å². The Morgan fingerprint density at radius 1 is 1.25 bits per heavy atom. The molecular weight excluding hydrogens is 399 g/mol. The molecule has 28 heavy (non-hydrogen) atoms. The fourth-order valence-electron chi connectivity index (χ4n) is 2.74. The summed E-state index contributed by atoms with van der Waals surface area (Å²) in [6, 6.07) is 12.2. The summed E-state index contributed by atoms with van der Waals surface area (Å²) in [4.78, 5) is 18.6. The van der Waals surface area contributed by atoms with Crippen LogP contribution in [0, 0.1) is 5.82 Å². The van der Waals surface area contributed by atoms with Crippen molar-refractivity contribution in [3.63, 3.8) is 0 Å². The van der Waals surface area contributed by atoms with Gasteiger partial charge < -0.3 is 9.64 Å². The molecule has 0 saturated heterocycles. The van der Waals surface area contributed by atoms with Crippen LogP contribution in [0.5, 0.6) is 5.75 Å². The fraction of sp³-hybridized carbons (Fsp3) is 0.238. The molecule has 0 aliphatic carbocycles. The summed E-state index contributed by atoms with van der Waals surface area (Å²) in [5.41, 5.74) is 1.88. The van der Waals surface area contributed by atoms with Crippen LogP contribution < -0.4 is 4.74 Å². The zero-order valence-corrected chi connectivity index (χ0v) is 17.2. The summed E-state index contributed by atoms with van der Waals surface area (Å²) >= 11 is 7.51. The fourth-order valence-corrected chi connectivity index (χ4v) is 3.81. The van der Waals surface area contributed by atoms with Crippen LogP contribution in [0.3, 0.4) is 0 Å². The van der Waals surface area contributed by atoms with Gasteiger partial charge in [0.2, 0.25) is 5.91 Å². The number of benzene rings is 2. The molecule has 7 heteroatoms. The van der Waals surface area contributed by atoms with Gasteiger partial charge in [0, 0.05) is 29.6 Å². The molecule has 0 fully saturated rings. The smallest absolute Gasteiger partial charge is 0.228 e. The molecule has 1 amide bonds. The number of nitrogens with zero attached hydrogens (tertiary/aromatic N) is 2. The first-order valence-electron chi connectivity index (χ1n) is 8.83. The van der Waals surface area contributed by atoms with Gasteiger partial charge in [-0.3, -0.25) is 4.79 Å². The van der Waals surface area contributed by atoms with Crippen LogP contribution in [0.4, 0.5) is 4.39 Å². The molecule has 146 valence electrons. The van der Waals surface area contributed by atoms with Crippen molar-refractivity contribution in [3.8, 4) is 16.3 Å². The molecule has 0 bridgehead atoms. The van der Waals surface area contributed by atoms with Gasteiger partial charge in [0.05, 0.1) is 24.3 Å². The SMILES string of the molecule is CCOc1ccccc1-c1nc(CC(=O)N(C)Cc2c(F)cccc2Cl)cs1. The van der Waals surface area contributed by atoms with Gasteiger partial charge in [0.25, 0.3) is 0 Å². The van der Waals surface area contributed by atoms with Gasteiger partial charge in [-0.25, -0.2) is 9.37 Å². The van der Waals surface area contributed by atoms with Gasteiger partial charge in [-0.1, -0.05) is 29.8 Å². The highest BCUT2D eigenvalue weighted by Crippen LogP contribution is 2.32. The van der Waals surface area contributed by atoms with Crippen LogP contribution in [-0.4, -0.2) is 29.4 Å². The summed E-state index contributed by atoms with van der Waals surface area (Å²) in [7, 11) is 1.63. The van der Waals surface area contributed by atoms with Gasteiger partial charge in [-0.15, -0.1) is 11.3 Å². The number of hydrogen-bond acceptors (Lipinski definition) is 4. The molecule has 0 radical (unpaired) electrons. The topological polar surface area (TPSA) is 42.4 Å². The molecule has 3 aromatic rings. The van der Waals surface area contributed by atoms with Crippen molar-refractivity contribution in [2.45, 2.75) is 19.9 Å². The molecule has 0 aliphatic heterocycles. The van der Waals surface area contributed by atoms with Crippen molar-refractivity contribution in [1.82, 2.24) is 9.88 Å². The van der Waals surface area contributed by atoms with Gasteiger partial charge in [0.1, 0.15) is 16.6 Å². The Balaban J connectivity index is 1.70. The Kier molecular flexibility index (Phi) is 6.65. The molecule has 1 heterocycles.